The number of sulfonamides is 1. The number of aromatic nitrogens is 3. The van der Waals surface area contributed by atoms with Crippen molar-refractivity contribution < 1.29 is 22.7 Å². The zero-order valence-electron chi connectivity index (χ0n) is 19.7. The fraction of sp³-hybridized carbons (Fsp3) is 0.391. The van der Waals surface area contributed by atoms with Gasteiger partial charge in [-0.1, -0.05) is 6.07 Å². The van der Waals surface area contributed by atoms with E-state index in [0.717, 1.165) is 32.8 Å². The number of Topliss-reactive ketones (excluding diaryl/α,β-unsaturated/α-hetero) is 1. The quantitative estimate of drug-likeness (QED) is 0.491. The molecule has 2 aromatic heterocycles. The summed E-state index contributed by atoms with van der Waals surface area (Å²) in [6.45, 7) is 7.96. The Bertz CT molecular complexity index is 1350. The van der Waals surface area contributed by atoms with Gasteiger partial charge in [0.25, 0.3) is 0 Å². The van der Waals surface area contributed by atoms with Crippen LogP contribution in [0.2, 0.25) is 0 Å². The Hall–Kier alpha value is -3.11. The lowest BCUT2D eigenvalue weighted by molar-refractivity contribution is 0.0966. The van der Waals surface area contributed by atoms with E-state index in [2.05, 4.69) is 9.67 Å². The van der Waals surface area contributed by atoms with E-state index in [9.17, 15) is 13.2 Å². The van der Waals surface area contributed by atoms with Gasteiger partial charge < -0.3 is 14.0 Å². The Morgan fingerprint density at radius 3 is 2.45 bits per heavy atom. The van der Waals surface area contributed by atoms with Crippen molar-refractivity contribution in [1.82, 2.24) is 18.7 Å². The number of carbonyl (C=O) groups is 1. The first-order valence-corrected chi connectivity index (χ1v) is 12.0. The van der Waals surface area contributed by atoms with E-state index in [1.807, 2.05) is 38.1 Å². The Balaban J connectivity index is 1.59. The summed E-state index contributed by atoms with van der Waals surface area (Å²) in [7, 11) is -0.696. The second kappa shape index (κ2) is 8.35. The van der Waals surface area contributed by atoms with Gasteiger partial charge >= 0.3 is 0 Å². The molecular weight excluding hydrogens is 444 g/mol. The smallest absolute Gasteiger partial charge is 0.246 e. The Morgan fingerprint density at radius 2 is 1.76 bits per heavy atom. The Labute approximate surface area is 193 Å². The van der Waals surface area contributed by atoms with Gasteiger partial charge in [-0.25, -0.2) is 12.7 Å². The van der Waals surface area contributed by atoms with E-state index in [1.165, 1.54) is 18.8 Å². The summed E-state index contributed by atoms with van der Waals surface area (Å²) in [4.78, 5) is 13.3. The molecular formula is C23H28N4O5S. The molecule has 0 amide bonds. The number of benzene rings is 1. The largest absolute Gasteiger partial charge is 0.454 e. The van der Waals surface area contributed by atoms with Gasteiger partial charge in [-0.2, -0.15) is 5.10 Å². The number of hydrogen-bond acceptors (Lipinski definition) is 6. The van der Waals surface area contributed by atoms with E-state index < -0.39 is 10.0 Å². The van der Waals surface area contributed by atoms with E-state index >= 15 is 0 Å². The topological polar surface area (TPSA) is 95.7 Å². The van der Waals surface area contributed by atoms with Crippen molar-refractivity contribution in [3.8, 4) is 11.5 Å². The number of aryl methyl sites for hydroxylation is 2. The minimum atomic E-state index is -3.65. The van der Waals surface area contributed by atoms with Gasteiger partial charge in [-0.3, -0.25) is 9.48 Å². The van der Waals surface area contributed by atoms with Crippen molar-refractivity contribution in [2.75, 3.05) is 20.9 Å². The SMILES string of the molecule is Cc1nn(CC(=O)c2cc(C)n(Cc3ccc4c(c3)OCO4)c2C)c(C)c1S(=O)(=O)N(C)C. The molecule has 0 saturated heterocycles. The maximum Gasteiger partial charge on any atom is 0.246 e. The zero-order chi connectivity index (χ0) is 24.1. The van der Waals surface area contributed by atoms with Crippen LogP contribution in [0, 0.1) is 27.7 Å². The fourth-order valence-electron chi connectivity index (χ4n) is 4.16. The molecule has 0 bridgehead atoms. The molecule has 176 valence electrons. The summed E-state index contributed by atoms with van der Waals surface area (Å²) >= 11 is 0. The van der Waals surface area contributed by atoms with Crippen molar-refractivity contribution in [3.63, 3.8) is 0 Å². The van der Waals surface area contributed by atoms with Crippen LogP contribution in [0.3, 0.4) is 0 Å². The van der Waals surface area contributed by atoms with Crippen LogP contribution in [0.4, 0.5) is 0 Å². The summed E-state index contributed by atoms with van der Waals surface area (Å²) in [5, 5.41) is 4.34. The first-order valence-electron chi connectivity index (χ1n) is 10.6. The van der Waals surface area contributed by atoms with Gasteiger partial charge in [-0.15, -0.1) is 0 Å². The number of hydrogen-bond donors (Lipinski definition) is 0. The van der Waals surface area contributed by atoms with Crippen LogP contribution < -0.4 is 9.47 Å². The van der Waals surface area contributed by atoms with E-state index in [1.54, 1.807) is 13.8 Å². The molecule has 9 nitrogen and oxygen atoms in total. The lowest BCUT2D eigenvalue weighted by atomic mass is 10.1. The molecule has 0 N–H and O–H groups in total. The fourth-order valence-corrected chi connectivity index (χ4v) is 5.42. The highest BCUT2D eigenvalue weighted by Crippen LogP contribution is 2.33. The van der Waals surface area contributed by atoms with Gasteiger partial charge in [0.2, 0.25) is 16.8 Å². The average Bonchev–Trinajstić information content (AvgIpc) is 3.40. The first kappa shape index (κ1) is 23.1. The third-order valence-electron chi connectivity index (χ3n) is 6.00. The second-order valence-corrected chi connectivity index (χ2v) is 10.5. The Kier molecular flexibility index (Phi) is 5.83. The van der Waals surface area contributed by atoms with Gasteiger partial charge in [0, 0.05) is 37.6 Å². The highest BCUT2D eigenvalue weighted by atomic mass is 32.2. The molecule has 1 aliphatic rings. The molecule has 3 aromatic rings. The van der Waals surface area contributed by atoms with E-state index in [-0.39, 0.29) is 24.0 Å². The number of ketones is 1. The number of ether oxygens (including phenoxy) is 2. The van der Waals surface area contributed by atoms with Gasteiger partial charge in [0.15, 0.2) is 17.3 Å². The molecule has 1 aliphatic heterocycles. The zero-order valence-corrected chi connectivity index (χ0v) is 20.5. The van der Waals surface area contributed by atoms with Crippen LogP contribution in [-0.2, 0) is 23.1 Å². The summed E-state index contributed by atoms with van der Waals surface area (Å²) < 4.78 is 40.9. The average molecular weight is 473 g/mol. The minimum absolute atomic E-state index is 0.0378. The molecule has 10 heteroatoms. The minimum Gasteiger partial charge on any atom is -0.454 e. The maximum absolute atomic E-state index is 13.2. The normalized spacial score (nSPS) is 13.2. The summed E-state index contributed by atoms with van der Waals surface area (Å²) in [5.74, 6) is 1.33. The number of fused-ring (bicyclic) bond motifs is 1. The van der Waals surface area contributed by atoms with E-state index in [4.69, 9.17) is 9.47 Å². The molecule has 0 fully saturated rings. The van der Waals surface area contributed by atoms with Crippen molar-refractivity contribution in [3.05, 3.63) is 58.2 Å². The predicted octanol–water partition coefficient (Wildman–Crippen LogP) is 2.83. The second-order valence-electron chi connectivity index (χ2n) is 8.43. The molecule has 0 radical (unpaired) electrons. The maximum atomic E-state index is 13.2. The van der Waals surface area contributed by atoms with Crippen LogP contribution in [0.25, 0.3) is 0 Å². The summed E-state index contributed by atoms with van der Waals surface area (Å²) in [6.07, 6.45) is 0. The van der Waals surface area contributed by atoms with Crippen molar-refractivity contribution in [2.45, 2.75) is 45.7 Å². The third kappa shape index (κ3) is 4.04. The molecule has 0 aliphatic carbocycles. The highest BCUT2D eigenvalue weighted by molar-refractivity contribution is 7.89. The van der Waals surface area contributed by atoms with Crippen LogP contribution in [-0.4, -0.2) is 53.7 Å². The van der Waals surface area contributed by atoms with Crippen molar-refractivity contribution >= 4 is 15.8 Å². The lowest BCUT2D eigenvalue weighted by Gasteiger charge is -2.12. The van der Waals surface area contributed by atoms with Crippen LogP contribution in [0.5, 0.6) is 11.5 Å². The van der Waals surface area contributed by atoms with Crippen LogP contribution >= 0.6 is 0 Å². The summed E-state index contributed by atoms with van der Waals surface area (Å²) in [6, 6.07) is 7.69. The molecule has 1 aromatic carbocycles. The molecule has 0 unspecified atom stereocenters. The monoisotopic (exact) mass is 472 g/mol. The third-order valence-corrected chi connectivity index (χ3v) is 8.07. The standard InChI is InChI=1S/C23H28N4O5S/c1-14-9-19(16(3)26(14)11-18-7-8-21-22(10-18)32-13-31-21)20(28)12-27-17(4)23(15(2)24-27)33(29,30)25(5)6/h7-10H,11-13H2,1-6H3. The van der Waals surface area contributed by atoms with Gasteiger partial charge in [0.1, 0.15) is 11.4 Å². The lowest BCUT2D eigenvalue weighted by Crippen LogP contribution is -2.23. The number of nitrogens with zero attached hydrogens (tertiary/aromatic N) is 4. The number of rotatable bonds is 7. The molecule has 0 spiro atoms. The predicted molar refractivity (Wildman–Crippen MR) is 122 cm³/mol. The summed E-state index contributed by atoms with van der Waals surface area (Å²) in [5.41, 5.74) is 4.26. The van der Waals surface area contributed by atoms with Crippen LogP contribution in [0.15, 0.2) is 29.2 Å². The van der Waals surface area contributed by atoms with Crippen molar-refractivity contribution in [2.24, 2.45) is 0 Å². The van der Waals surface area contributed by atoms with Crippen molar-refractivity contribution in [1.29, 1.82) is 0 Å². The Morgan fingerprint density at radius 1 is 1.06 bits per heavy atom. The molecule has 0 atom stereocenters. The molecule has 4 rings (SSSR count). The highest BCUT2D eigenvalue weighted by Gasteiger charge is 2.28. The number of carbonyl (C=O) groups excluding carboxylic acids is 1. The molecule has 0 saturated carbocycles. The van der Waals surface area contributed by atoms with Gasteiger partial charge in [0.05, 0.1) is 11.4 Å². The van der Waals surface area contributed by atoms with E-state index in [0.29, 0.717) is 23.5 Å². The first-order chi connectivity index (χ1) is 15.5. The molecule has 33 heavy (non-hydrogen) atoms. The van der Waals surface area contributed by atoms with Gasteiger partial charge in [-0.05, 0) is 51.5 Å². The van der Waals surface area contributed by atoms with Crippen LogP contribution in [0.1, 0.15) is 38.7 Å². The molecule has 3 heterocycles.